The number of hydrogen-bond donors (Lipinski definition) is 1. The maximum Gasteiger partial charge on any atom is 0.0233 e. The van der Waals surface area contributed by atoms with Gasteiger partial charge in [-0.15, -0.1) is 0 Å². The molecule has 0 aromatic heterocycles. The fourth-order valence-corrected chi connectivity index (χ4v) is 3.06. The van der Waals surface area contributed by atoms with Gasteiger partial charge in [-0.1, -0.05) is 45.0 Å². The van der Waals surface area contributed by atoms with Crippen LogP contribution < -0.4 is 5.32 Å². The van der Waals surface area contributed by atoms with Crippen molar-refractivity contribution in [2.24, 2.45) is 5.92 Å². The van der Waals surface area contributed by atoms with Gasteiger partial charge in [-0.25, -0.2) is 0 Å². The first kappa shape index (κ1) is 16.5. The summed E-state index contributed by atoms with van der Waals surface area (Å²) in [5, 5.41) is 3.48. The highest BCUT2D eigenvalue weighted by molar-refractivity contribution is 5.22. The summed E-state index contributed by atoms with van der Waals surface area (Å²) >= 11 is 0. The van der Waals surface area contributed by atoms with Crippen LogP contribution in [0.5, 0.6) is 0 Å². The molecule has 1 aromatic carbocycles. The van der Waals surface area contributed by atoms with Gasteiger partial charge in [-0.05, 0) is 62.4 Å². The molecular weight excluding hydrogens is 256 g/mol. The van der Waals surface area contributed by atoms with Gasteiger partial charge in [0.25, 0.3) is 0 Å². The fourth-order valence-electron chi connectivity index (χ4n) is 3.06. The molecule has 0 bridgehead atoms. The van der Waals surface area contributed by atoms with Gasteiger partial charge >= 0.3 is 0 Å². The van der Waals surface area contributed by atoms with Gasteiger partial charge < -0.3 is 5.32 Å². The first-order chi connectivity index (χ1) is 10.1. The lowest BCUT2D eigenvalue weighted by Gasteiger charge is -2.20. The van der Waals surface area contributed by atoms with Crippen molar-refractivity contribution in [3.8, 4) is 0 Å². The molecule has 21 heavy (non-hydrogen) atoms. The average molecular weight is 288 g/mol. The van der Waals surface area contributed by atoms with E-state index in [-0.39, 0.29) is 0 Å². The van der Waals surface area contributed by atoms with Crippen LogP contribution in [0.3, 0.4) is 0 Å². The van der Waals surface area contributed by atoms with Crippen LogP contribution in [0, 0.1) is 5.92 Å². The van der Waals surface area contributed by atoms with E-state index in [4.69, 9.17) is 0 Å². The van der Waals surface area contributed by atoms with E-state index in [1.54, 1.807) is 0 Å². The standard InChI is InChI=1S/C19H32N2/c1-16(2)20-12-10-18-6-8-19(9-7-18)15-21-13-4-5-17(3)11-14-21/h6-9,16-17,20H,4-5,10-15H2,1-3H3. The van der Waals surface area contributed by atoms with E-state index >= 15 is 0 Å². The summed E-state index contributed by atoms with van der Waals surface area (Å²) in [4.78, 5) is 2.62. The van der Waals surface area contributed by atoms with Crippen LogP contribution in [-0.2, 0) is 13.0 Å². The highest BCUT2D eigenvalue weighted by Crippen LogP contribution is 2.18. The second kappa shape index (κ2) is 8.55. The van der Waals surface area contributed by atoms with Gasteiger partial charge in [-0.2, -0.15) is 0 Å². The zero-order valence-corrected chi connectivity index (χ0v) is 14.1. The Hall–Kier alpha value is -0.860. The summed E-state index contributed by atoms with van der Waals surface area (Å²) in [5.41, 5.74) is 2.90. The van der Waals surface area contributed by atoms with Crippen LogP contribution in [0.4, 0.5) is 0 Å². The third-order valence-electron chi connectivity index (χ3n) is 4.50. The Bertz CT molecular complexity index is 397. The molecule has 1 aliphatic rings. The minimum atomic E-state index is 0.578. The van der Waals surface area contributed by atoms with Gasteiger partial charge in [0.2, 0.25) is 0 Å². The Kier molecular flexibility index (Phi) is 6.72. The number of nitrogens with zero attached hydrogens (tertiary/aromatic N) is 1. The molecule has 118 valence electrons. The molecule has 0 saturated carbocycles. The highest BCUT2D eigenvalue weighted by atomic mass is 15.1. The van der Waals surface area contributed by atoms with Gasteiger partial charge in [0.05, 0.1) is 0 Å². The maximum absolute atomic E-state index is 3.48. The van der Waals surface area contributed by atoms with Crippen molar-refractivity contribution in [2.75, 3.05) is 19.6 Å². The Morgan fingerprint density at radius 3 is 2.52 bits per heavy atom. The second-order valence-corrected chi connectivity index (χ2v) is 6.99. The topological polar surface area (TPSA) is 15.3 Å². The van der Waals surface area contributed by atoms with Gasteiger partial charge in [-0.3, -0.25) is 4.90 Å². The molecular formula is C19H32N2. The molecule has 1 N–H and O–H groups in total. The van der Waals surface area contributed by atoms with E-state index in [1.807, 2.05) is 0 Å². The lowest BCUT2D eigenvalue weighted by atomic mass is 10.0. The maximum atomic E-state index is 3.48. The van der Waals surface area contributed by atoms with Crippen molar-refractivity contribution in [1.82, 2.24) is 10.2 Å². The van der Waals surface area contributed by atoms with E-state index in [0.29, 0.717) is 6.04 Å². The zero-order valence-electron chi connectivity index (χ0n) is 14.1. The Labute approximate surface area is 130 Å². The van der Waals surface area contributed by atoms with Crippen LogP contribution in [0.1, 0.15) is 51.2 Å². The summed E-state index contributed by atoms with van der Waals surface area (Å²) in [6.07, 6.45) is 5.25. The quantitative estimate of drug-likeness (QED) is 0.855. The summed E-state index contributed by atoms with van der Waals surface area (Å²) in [7, 11) is 0. The summed E-state index contributed by atoms with van der Waals surface area (Å²) in [5.74, 6) is 0.908. The van der Waals surface area contributed by atoms with Crippen LogP contribution >= 0.6 is 0 Å². The molecule has 0 amide bonds. The van der Waals surface area contributed by atoms with Gasteiger partial charge in [0.15, 0.2) is 0 Å². The largest absolute Gasteiger partial charge is 0.314 e. The lowest BCUT2D eigenvalue weighted by Crippen LogP contribution is -2.25. The van der Waals surface area contributed by atoms with Crippen molar-refractivity contribution in [3.05, 3.63) is 35.4 Å². The molecule has 1 unspecified atom stereocenters. The molecule has 1 atom stereocenters. The predicted octanol–water partition coefficient (Wildman–Crippen LogP) is 3.85. The van der Waals surface area contributed by atoms with Crippen LogP contribution in [0.15, 0.2) is 24.3 Å². The normalized spacial score (nSPS) is 20.7. The third-order valence-corrected chi connectivity index (χ3v) is 4.50. The molecule has 2 nitrogen and oxygen atoms in total. The average Bonchev–Trinajstić information content (AvgIpc) is 2.65. The van der Waals surface area contributed by atoms with Crippen molar-refractivity contribution in [3.63, 3.8) is 0 Å². The molecule has 1 aliphatic heterocycles. The summed E-state index contributed by atoms with van der Waals surface area (Å²) < 4.78 is 0. The van der Waals surface area contributed by atoms with Crippen molar-refractivity contribution in [1.29, 1.82) is 0 Å². The minimum absolute atomic E-state index is 0.578. The second-order valence-electron chi connectivity index (χ2n) is 6.99. The van der Waals surface area contributed by atoms with E-state index in [2.05, 4.69) is 55.3 Å². The zero-order chi connectivity index (χ0) is 15.1. The minimum Gasteiger partial charge on any atom is -0.314 e. The Balaban J connectivity index is 1.79. The van der Waals surface area contributed by atoms with Crippen molar-refractivity contribution >= 4 is 0 Å². The van der Waals surface area contributed by atoms with E-state index in [1.165, 1.54) is 43.5 Å². The molecule has 2 heteroatoms. The third kappa shape index (κ3) is 6.19. The molecule has 1 heterocycles. The van der Waals surface area contributed by atoms with Crippen LogP contribution in [-0.4, -0.2) is 30.6 Å². The number of nitrogens with one attached hydrogen (secondary N) is 1. The molecule has 1 saturated heterocycles. The predicted molar refractivity (Wildman–Crippen MR) is 91.6 cm³/mol. The van der Waals surface area contributed by atoms with Crippen LogP contribution in [0.2, 0.25) is 0 Å². The molecule has 0 aliphatic carbocycles. The fraction of sp³-hybridized carbons (Fsp3) is 0.684. The van der Waals surface area contributed by atoms with Crippen molar-refractivity contribution < 1.29 is 0 Å². The number of hydrogen-bond acceptors (Lipinski definition) is 2. The summed E-state index contributed by atoms with van der Waals surface area (Å²) in [6, 6.07) is 9.82. The Morgan fingerprint density at radius 1 is 1.10 bits per heavy atom. The van der Waals surface area contributed by atoms with E-state index in [0.717, 1.165) is 25.4 Å². The number of likely N-dealkylation sites (tertiary alicyclic amines) is 1. The van der Waals surface area contributed by atoms with Crippen LogP contribution in [0.25, 0.3) is 0 Å². The highest BCUT2D eigenvalue weighted by Gasteiger charge is 2.13. The molecule has 1 fully saturated rings. The van der Waals surface area contributed by atoms with E-state index in [9.17, 15) is 0 Å². The smallest absolute Gasteiger partial charge is 0.0233 e. The van der Waals surface area contributed by atoms with E-state index < -0.39 is 0 Å². The molecule has 0 radical (unpaired) electrons. The first-order valence-electron chi connectivity index (χ1n) is 8.67. The first-order valence-corrected chi connectivity index (χ1v) is 8.67. The van der Waals surface area contributed by atoms with Gasteiger partial charge in [0, 0.05) is 12.6 Å². The lowest BCUT2D eigenvalue weighted by molar-refractivity contribution is 0.273. The van der Waals surface area contributed by atoms with Crippen molar-refractivity contribution in [2.45, 2.75) is 59.0 Å². The number of rotatable bonds is 6. The monoisotopic (exact) mass is 288 g/mol. The summed E-state index contributed by atoms with van der Waals surface area (Å²) in [6.45, 7) is 11.5. The number of benzene rings is 1. The molecule has 1 aromatic rings. The molecule has 2 rings (SSSR count). The SMILES string of the molecule is CC1CCCN(Cc2ccc(CCNC(C)C)cc2)CC1. The van der Waals surface area contributed by atoms with Gasteiger partial charge in [0.1, 0.15) is 0 Å². The molecule has 0 spiro atoms. The Morgan fingerprint density at radius 2 is 1.81 bits per heavy atom.